The summed E-state index contributed by atoms with van der Waals surface area (Å²) < 4.78 is 11.4. The van der Waals surface area contributed by atoms with Gasteiger partial charge >= 0.3 is 11.9 Å². The van der Waals surface area contributed by atoms with Crippen molar-refractivity contribution in [3.63, 3.8) is 0 Å². The van der Waals surface area contributed by atoms with Crippen molar-refractivity contribution < 1.29 is 29.3 Å². The normalized spacial score (nSPS) is 27.0. The third kappa shape index (κ3) is 12.3. The molecule has 2 N–H and O–H groups in total. The van der Waals surface area contributed by atoms with E-state index >= 15 is 0 Å². The molecule has 0 radical (unpaired) electrons. The van der Waals surface area contributed by atoms with Crippen LogP contribution in [0.25, 0.3) is 0 Å². The minimum atomic E-state index is -0.555. The monoisotopic (exact) mass is 644 g/mol. The van der Waals surface area contributed by atoms with Crippen molar-refractivity contribution in [3.8, 4) is 0 Å². The van der Waals surface area contributed by atoms with E-state index in [0.717, 1.165) is 64.2 Å². The van der Waals surface area contributed by atoms with Crippen LogP contribution in [0.15, 0.2) is 25.3 Å². The summed E-state index contributed by atoms with van der Waals surface area (Å²) >= 11 is 11.5. The van der Waals surface area contributed by atoms with Gasteiger partial charge in [-0.2, -0.15) is 0 Å². The Bertz CT molecular complexity index is 782. The van der Waals surface area contributed by atoms with Gasteiger partial charge in [0.05, 0.1) is 37.3 Å². The fourth-order valence-corrected chi connectivity index (χ4v) is 7.91. The second-order valence-electron chi connectivity index (χ2n) is 13.5. The first-order chi connectivity index (χ1) is 20.6. The lowest BCUT2D eigenvalue weighted by Crippen LogP contribution is -2.31. The number of carbonyl (C=O) groups excluding carboxylic acids is 2. The van der Waals surface area contributed by atoms with Gasteiger partial charge < -0.3 is 19.7 Å². The summed E-state index contributed by atoms with van der Waals surface area (Å²) in [5.41, 5.74) is -0.0511. The first kappa shape index (κ1) is 38.1. The number of alkyl halides is 2. The molecule has 2 rings (SSSR count). The maximum Gasteiger partial charge on any atom is 0.309 e. The van der Waals surface area contributed by atoms with Gasteiger partial charge in [-0.25, -0.2) is 0 Å². The number of ether oxygens (including phenoxy) is 2. The highest BCUT2D eigenvalue weighted by Crippen LogP contribution is 2.56. The third-order valence-corrected chi connectivity index (χ3v) is 10.8. The van der Waals surface area contributed by atoms with Gasteiger partial charge in [0.15, 0.2) is 0 Å². The van der Waals surface area contributed by atoms with Crippen LogP contribution in [0, 0.1) is 40.9 Å². The molecular formula is C35H58Cl2O6. The largest absolute Gasteiger partial charge is 0.465 e. The van der Waals surface area contributed by atoms with Crippen molar-refractivity contribution in [1.82, 2.24) is 0 Å². The summed E-state index contributed by atoms with van der Waals surface area (Å²) in [6.07, 6.45) is 13.9. The van der Waals surface area contributed by atoms with Crippen molar-refractivity contribution >= 4 is 35.1 Å². The fourth-order valence-electron chi connectivity index (χ4n) is 7.41. The van der Waals surface area contributed by atoms with Crippen LogP contribution in [0.3, 0.4) is 0 Å². The zero-order valence-electron chi connectivity index (χ0n) is 26.7. The van der Waals surface area contributed by atoms with Crippen LogP contribution in [-0.4, -0.2) is 59.3 Å². The Kier molecular flexibility index (Phi) is 17.8. The molecule has 8 unspecified atom stereocenters. The lowest BCUT2D eigenvalue weighted by atomic mass is 9.67. The maximum absolute atomic E-state index is 13.3. The molecular weight excluding hydrogens is 587 g/mol. The Morgan fingerprint density at radius 2 is 1.16 bits per heavy atom. The van der Waals surface area contributed by atoms with Crippen LogP contribution < -0.4 is 0 Å². The number of unbranched alkanes of at least 4 members (excludes halogenated alkanes) is 2. The van der Waals surface area contributed by atoms with E-state index in [-0.39, 0.29) is 54.2 Å². The zero-order chi connectivity index (χ0) is 31.8. The molecule has 0 heterocycles. The van der Waals surface area contributed by atoms with E-state index in [2.05, 4.69) is 27.0 Å². The van der Waals surface area contributed by atoms with Crippen LogP contribution in [0.4, 0.5) is 0 Å². The van der Waals surface area contributed by atoms with Gasteiger partial charge in [-0.3, -0.25) is 9.59 Å². The van der Waals surface area contributed by atoms with Crippen molar-refractivity contribution in [2.24, 2.45) is 40.9 Å². The number of rotatable bonds is 22. The number of hydrogen-bond acceptors (Lipinski definition) is 6. The number of hydrogen-bond donors (Lipinski definition) is 2. The molecule has 0 aromatic rings. The minimum Gasteiger partial charge on any atom is -0.465 e. The Balaban J connectivity index is 2.10. The van der Waals surface area contributed by atoms with Gasteiger partial charge in [0.1, 0.15) is 0 Å². The lowest BCUT2D eigenvalue weighted by Gasteiger charge is -2.38. The molecule has 0 aromatic heterocycles. The van der Waals surface area contributed by atoms with E-state index in [1.54, 1.807) is 0 Å². The van der Waals surface area contributed by atoms with Gasteiger partial charge in [-0.15, -0.1) is 36.4 Å². The summed E-state index contributed by atoms with van der Waals surface area (Å²) in [5, 5.41) is 20.0. The Morgan fingerprint density at radius 3 is 1.51 bits per heavy atom. The summed E-state index contributed by atoms with van der Waals surface area (Å²) in [5.74, 6) is 1.38. The van der Waals surface area contributed by atoms with Crippen molar-refractivity contribution in [2.75, 3.05) is 25.0 Å². The second-order valence-corrected chi connectivity index (χ2v) is 14.3. The van der Waals surface area contributed by atoms with Gasteiger partial charge in [0.25, 0.3) is 0 Å². The molecule has 248 valence electrons. The summed E-state index contributed by atoms with van der Waals surface area (Å²) in [6.45, 7) is 12.8. The number of aliphatic hydroxyl groups is 2. The molecule has 0 saturated heterocycles. The standard InChI is InChI=1S/C35H58Cl2O6/c1-5-7-9-11-25-21-27(23-31(25)33(40)42-19-15-29(38)13-17-36)35(3,4)28-22-26(12-10-8-6-2)32(24-28)34(41)43-20-16-30(39)14-18-37/h5-6,25-32,38-39H,1-2,7-24H2,3-4H3. The highest BCUT2D eigenvalue weighted by Gasteiger charge is 2.51. The summed E-state index contributed by atoms with van der Waals surface area (Å²) in [6, 6.07) is 0. The molecule has 6 nitrogen and oxygen atoms in total. The molecule has 2 saturated carbocycles. The molecule has 0 aliphatic heterocycles. The van der Waals surface area contributed by atoms with E-state index in [0.29, 0.717) is 49.3 Å². The molecule has 8 atom stereocenters. The van der Waals surface area contributed by atoms with Gasteiger partial charge in [0.2, 0.25) is 0 Å². The molecule has 2 fully saturated rings. The van der Waals surface area contributed by atoms with E-state index in [9.17, 15) is 19.8 Å². The molecule has 0 amide bonds. The number of esters is 2. The molecule has 2 aliphatic rings. The number of allylic oxidation sites excluding steroid dienone is 2. The minimum absolute atomic E-state index is 0.0511. The van der Waals surface area contributed by atoms with Crippen LogP contribution in [-0.2, 0) is 19.1 Å². The summed E-state index contributed by atoms with van der Waals surface area (Å²) in [4.78, 5) is 26.6. The highest BCUT2D eigenvalue weighted by atomic mass is 35.5. The Labute approximate surface area is 271 Å². The van der Waals surface area contributed by atoms with Crippen LogP contribution in [0.1, 0.15) is 104 Å². The Hall–Kier alpha value is -1.08. The topological polar surface area (TPSA) is 93.1 Å². The van der Waals surface area contributed by atoms with Gasteiger partial charge in [-0.05, 0) is 106 Å². The lowest BCUT2D eigenvalue weighted by molar-refractivity contribution is -0.151. The second kappa shape index (κ2) is 20.1. The molecule has 43 heavy (non-hydrogen) atoms. The zero-order valence-corrected chi connectivity index (χ0v) is 28.2. The van der Waals surface area contributed by atoms with Crippen molar-refractivity contribution in [3.05, 3.63) is 25.3 Å². The molecule has 2 aliphatic carbocycles. The number of aliphatic hydroxyl groups excluding tert-OH is 2. The molecule has 0 bridgehead atoms. The fraction of sp³-hybridized carbons (Fsp3) is 0.829. The van der Waals surface area contributed by atoms with E-state index in [1.165, 1.54) is 0 Å². The van der Waals surface area contributed by atoms with Crippen LogP contribution in [0.2, 0.25) is 0 Å². The first-order valence-corrected chi connectivity index (χ1v) is 17.7. The molecule has 0 aromatic carbocycles. The quantitative estimate of drug-likeness (QED) is 0.0539. The van der Waals surface area contributed by atoms with Crippen LogP contribution in [0.5, 0.6) is 0 Å². The van der Waals surface area contributed by atoms with Crippen molar-refractivity contribution in [2.45, 2.75) is 116 Å². The summed E-state index contributed by atoms with van der Waals surface area (Å²) in [7, 11) is 0. The average Bonchev–Trinajstić information content (AvgIpc) is 3.59. The maximum atomic E-state index is 13.3. The predicted molar refractivity (Wildman–Crippen MR) is 175 cm³/mol. The SMILES string of the molecule is C=CCCCC1CC(C(C)(C)C2CC(CCCC=C)C(C(=O)OCCC(O)CCCl)C2)CC1C(=O)OCCC(O)CCCl. The number of halogens is 2. The first-order valence-electron chi connectivity index (χ1n) is 16.6. The smallest absolute Gasteiger partial charge is 0.309 e. The highest BCUT2D eigenvalue weighted by molar-refractivity contribution is 6.18. The number of carbonyl (C=O) groups is 2. The van der Waals surface area contributed by atoms with Gasteiger partial charge in [0, 0.05) is 24.6 Å². The van der Waals surface area contributed by atoms with E-state index in [4.69, 9.17) is 32.7 Å². The predicted octanol–water partition coefficient (Wildman–Crippen LogP) is 7.86. The molecule has 0 spiro atoms. The third-order valence-electron chi connectivity index (χ3n) is 10.3. The van der Waals surface area contributed by atoms with Crippen LogP contribution >= 0.6 is 23.2 Å². The van der Waals surface area contributed by atoms with E-state index in [1.807, 2.05) is 12.2 Å². The van der Waals surface area contributed by atoms with Gasteiger partial charge in [-0.1, -0.05) is 26.0 Å². The van der Waals surface area contributed by atoms with E-state index < -0.39 is 12.2 Å². The molecule has 8 heteroatoms. The Morgan fingerprint density at radius 1 is 0.767 bits per heavy atom. The average molecular weight is 646 g/mol. The van der Waals surface area contributed by atoms with Crippen molar-refractivity contribution in [1.29, 1.82) is 0 Å².